The number of nitrogens with zero attached hydrogens (tertiary/aromatic N) is 3. The van der Waals surface area contributed by atoms with Crippen LogP contribution in [0.5, 0.6) is 0 Å². The van der Waals surface area contributed by atoms with E-state index in [1.54, 1.807) is 30.6 Å². The van der Waals surface area contributed by atoms with Crippen LogP contribution >= 0.6 is 0 Å². The van der Waals surface area contributed by atoms with E-state index >= 15 is 0 Å². The summed E-state index contributed by atoms with van der Waals surface area (Å²) in [4.78, 5) is 33.2. The molecule has 4 aromatic rings. The van der Waals surface area contributed by atoms with Gasteiger partial charge in [-0.25, -0.2) is 4.98 Å². The van der Waals surface area contributed by atoms with Crippen LogP contribution in [-0.4, -0.2) is 20.4 Å². The Morgan fingerprint density at radius 1 is 1.04 bits per heavy atom. The van der Waals surface area contributed by atoms with Gasteiger partial charge < -0.3 is 5.32 Å². The van der Waals surface area contributed by atoms with Crippen molar-refractivity contribution in [1.82, 2.24) is 14.5 Å². The molecule has 2 aromatic carbocycles. The van der Waals surface area contributed by atoms with Crippen LogP contribution in [-0.2, 0) is 11.3 Å². The van der Waals surface area contributed by atoms with Gasteiger partial charge in [0.15, 0.2) is 0 Å². The van der Waals surface area contributed by atoms with Gasteiger partial charge in [-0.15, -0.1) is 0 Å². The van der Waals surface area contributed by atoms with Crippen molar-refractivity contribution >= 4 is 33.3 Å². The summed E-state index contributed by atoms with van der Waals surface area (Å²) < 4.78 is 1.31. The molecule has 0 fully saturated rings. The zero-order valence-corrected chi connectivity index (χ0v) is 13.2. The van der Waals surface area contributed by atoms with E-state index in [1.165, 1.54) is 10.9 Å². The molecule has 0 saturated heterocycles. The molecular weight excluding hydrogens is 316 g/mol. The van der Waals surface area contributed by atoms with Gasteiger partial charge in [0.25, 0.3) is 5.56 Å². The highest BCUT2D eigenvalue weighted by atomic mass is 16.2. The molecule has 0 aliphatic rings. The minimum absolute atomic E-state index is 0.0991. The fraction of sp³-hybridized carbons (Fsp3) is 0.0526. The van der Waals surface area contributed by atoms with Crippen molar-refractivity contribution in [2.45, 2.75) is 6.54 Å². The van der Waals surface area contributed by atoms with Crippen molar-refractivity contribution in [2.24, 2.45) is 0 Å². The molecule has 25 heavy (non-hydrogen) atoms. The standard InChI is InChI=1S/C19H14N4O2/c24-18(22-17-7-3-4-13-10-20-9-8-14(13)17)11-23-12-21-16-6-2-1-5-15(16)19(23)25/h1-10,12H,11H2,(H,22,24). The van der Waals surface area contributed by atoms with Crippen LogP contribution in [0, 0.1) is 0 Å². The number of rotatable bonds is 3. The van der Waals surface area contributed by atoms with E-state index in [0.717, 1.165) is 10.8 Å². The van der Waals surface area contributed by atoms with Gasteiger partial charge in [-0.1, -0.05) is 24.3 Å². The third kappa shape index (κ3) is 2.85. The van der Waals surface area contributed by atoms with E-state index in [1.807, 2.05) is 30.3 Å². The first-order chi connectivity index (χ1) is 12.2. The molecule has 0 atom stereocenters. The Kier molecular flexibility index (Phi) is 3.70. The van der Waals surface area contributed by atoms with Gasteiger partial charge in [0, 0.05) is 28.9 Å². The number of hydrogen-bond acceptors (Lipinski definition) is 4. The summed E-state index contributed by atoms with van der Waals surface area (Å²) in [7, 11) is 0. The molecule has 0 bridgehead atoms. The summed E-state index contributed by atoms with van der Waals surface area (Å²) in [6.45, 7) is -0.0991. The van der Waals surface area contributed by atoms with Gasteiger partial charge in [-0.3, -0.25) is 19.1 Å². The third-order valence-electron chi connectivity index (χ3n) is 4.00. The molecule has 1 N–H and O–H groups in total. The lowest BCUT2D eigenvalue weighted by molar-refractivity contribution is -0.116. The van der Waals surface area contributed by atoms with Crippen molar-refractivity contribution in [3.05, 3.63) is 77.6 Å². The Labute approximate surface area is 142 Å². The maximum Gasteiger partial charge on any atom is 0.261 e. The molecule has 1 amide bonds. The second kappa shape index (κ2) is 6.16. The van der Waals surface area contributed by atoms with Crippen LogP contribution in [0.15, 0.2) is 72.0 Å². The quantitative estimate of drug-likeness (QED) is 0.626. The summed E-state index contributed by atoms with van der Waals surface area (Å²) >= 11 is 0. The van der Waals surface area contributed by atoms with E-state index in [-0.39, 0.29) is 18.0 Å². The van der Waals surface area contributed by atoms with Gasteiger partial charge in [-0.2, -0.15) is 0 Å². The van der Waals surface area contributed by atoms with Crippen molar-refractivity contribution in [3.63, 3.8) is 0 Å². The van der Waals surface area contributed by atoms with Crippen LogP contribution < -0.4 is 10.9 Å². The van der Waals surface area contributed by atoms with Gasteiger partial charge in [0.05, 0.1) is 17.2 Å². The molecule has 0 aliphatic carbocycles. The molecule has 2 aromatic heterocycles. The Morgan fingerprint density at radius 3 is 2.84 bits per heavy atom. The van der Waals surface area contributed by atoms with E-state index in [0.29, 0.717) is 16.6 Å². The zero-order chi connectivity index (χ0) is 17.2. The van der Waals surface area contributed by atoms with Crippen LogP contribution in [0.3, 0.4) is 0 Å². The Balaban J connectivity index is 1.62. The largest absolute Gasteiger partial charge is 0.324 e. The highest BCUT2D eigenvalue weighted by Gasteiger charge is 2.09. The Morgan fingerprint density at radius 2 is 1.92 bits per heavy atom. The van der Waals surface area contributed by atoms with Crippen LogP contribution in [0.1, 0.15) is 0 Å². The molecule has 0 spiro atoms. The van der Waals surface area contributed by atoms with Crippen molar-refractivity contribution in [3.8, 4) is 0 Å². The number of carbonyl (C=O) groups excluding carboxylic acids is 1. The van der Waals surface area contributed by atoms with Gasteiger partial charge in [0.2, 0.25) is 5.91 Å². The fourth-order valence-electron chi connectivity index (χ4n) is 2.79. The molecule has 0 saturated carbocycles. The molecule has 0 radical (unpaired) electrons. The number of amides is 1. The first kappa shape index (κ1) is 15.0. The third-order valence-corrected chi connectivity index (χ3v) is 4.00. The van der Waals surface area contributed by atoms with Crippen molar-refractivity contribution in [1.29, 1.82) is 0 Å². The second-order valence-corrected chi connectivity index (χ2v) is 5.65. The average molecular weight is 330 g/mol. The van der Waals surface area contributed by atoms with E-state index in [9.17, 15) is 9.59 Å². The van der Waals surface area contributed by atoms with Crippen molar-refractivity contribution in [2.75, 3.05) is 5.32 Å². The number of pyridine rings is 1. The lowest BCUT2D eigenvalue weighted by atomic mass is 10.1. The second-order valence-electron chi connectivity index (χ2n) is 5.65. The molecule has 2 heterocycles. The summed E-state index contributed by atoms with van der Waals surface area (Å²) in [5, 5.41) is 5.18. The summed E-state index contributed by atoms with van der Waals surface area (Å²) in [6, 6.07) is 14.5. The number of benzene rings is 2. The van der Waals surface area contributed by atoms with Crippen molar-refractivity contribution < 1.29 is 4.79 Å². The van der Waals surface area contributed by atoms with E-state index in [4.69, 9.17) is 0 Å². The first-order valence-corrected chi connectivity index (χ1v) is 7.79. The molecule has 122 valence electrons. The first-order valence-electron chi connectivity index (χ1n) is 7.79. The molecule has 6 heteroatoms. The highest BCUT2D eigenvalue weighted by molar-refractivity contribution is 6.01. The lowest BCUT2D eigenvalue weighted by Gasteiger charge is -2.10. The van der Waals surface area contributed by atoms with Crippen LogP contribution in [0.4, 0.5) is 5.69 Å². The van der Waals surface area contributed by atoms with Crippen LogP contribution in [0.25, 0.3) is 21.7 Å². The SMILES string of the molecule is O=C(Cn1cnc2ccccc2c1=O)Nc1cccc2cnccc12. The van der Waals surface area contributed by atoms with Gasteiger partial charge in [-0.05, 0) is 24.3 Å². The Hall–Kier alpha value is -3.54. The number of nitrogens with one attached hydrogen (secondary N) is 1. The molecule has 4 rings (SSSR count). The van der Waals surface area contributed by atoms with E-state index in [2.05, 4.69) is 15.3 Å². The summed E-state index contributed by atoms with van der Waals surface area (Å²) in [5.74, 6) is -0.288. The number of aromatic nitrogens is 3. The van der Waals surface area contributed by atoms with Crippen LogP contribution in [0.2, 0.25) is 0 Å². The fourth-order valence-corrected chi connectivity index (χ4v) is 2.79. The molecule has 6 nitrogen and oxygen atoms in total. The topological polar surface area (TPSA) is 76.9 Å². The predicted octanol–water partition coefficient (Wildman–Crippen LogP) is 2.58. The average Bonchev–Trinajstić information content (AvgIpc) is 2.65. The molecule has 0 aliphatic heterocycles. The predicted molar refractivity (Wildman–Crippen MR) is 96.4 cm³/mol. The minimum Gasteiger partial charge on any atom is -0.324 e. The number of carbonyl (C=O) groups is 1. The van der Waals surface area contributed by atoms with Gasteiger partial charge >= 0.3 is 0 Å². The zero-order valence-electron chi connectivity index (χ0n) is 13.2. The maximum atomic E-state index is 12.5. The highest BCUT2D eigenvalue weighted by Crippen LogP contribution is 2.22. The number of para-hydroxylation sites is 1. The normalized spacial score (nSPS) is 10.9. The summed E-state index contributed by atoms with van der Waals surface area (Å²) in [6.07, 6.45) is 4.82. The molecule has 0 unspecified atom stereocenters. The minimum atomic E-state index is -0.288. The number of fused-ring (bicyclic) bond motifs is 2. The number of anilines is 1. The smallest absolute Gasteiger partial charge is 0.261 e. The Bertz CT molecular complexity index is 1150. The van der Waals surface area contributed by atoms with Gasteiger partial charge in [0.1, 0.15) is 6.54 Å². The maximum absolute atomic E-state index is 12.5. The lowest BCUT2D eigenvalue weighted by Crippen LogP contribution is -2.27. The number of hydrogen-bond donors (Lipinski definition) is 1. The summed E-state index contributed by atoms with van der Waals surface area (Å²) in [5.41, 5.74) is 1.07. The van der Waals surface area contributed by atoms with E-state index < -0.39 is 0 Å². The monoisotopic (exact) mass is 330 g/mol. The molecular formula is C19H14N4O2.